The van der Waals surface area contributed by atoms with E-state index < -0.39 is 16.6 Å². The Balaban J connectivity index is 2.26. The maximum atomic E-state index is 12.7. The van der Waals surface area contributed by atoms with Crippen LogP contribution in [-0.2, 0) is 0 Å². The van der Waals surface area contributed by atoms with Gasteiger partial charge in [0.05, 0.1) is 15.5 Å². The molecule has 0 aliphatic heterocycles. The first kappa shape index (κ1) is 14.0. The van der Waals surface area contributed by atoms with Crippen LogP contribution in [0.15, 0.2) is 42.5 Å². The fourth-order valence-corrected chi connectivity index (χ4v) is 1.74. The van der Waals surface area contributed by atoms with E-state index in [9.17, 15) is 19.3 Å². The van der Waals surface area contributed by atoms with Crippen molar-refractivity contribution in [3.63, 3.8) is 0 Å². The van der Waals surface area contributed by atoms with Gasteiger partial charge in [0, 0.05) is 17.8 Å². The minimum atomic E-state index is -0.620. The normalized spacial score (nSPS) is 10.1. The van der Waals surface area contributed by atoms with Crippen molar-refractivity contribution in [1.29, 1.82) is 0 Å². The van der Waals surface area contributed by atoms with Crippen LogP contribution >= 0.6 is 11.6 Å². The third-order valence-corrected chi connectivity index (χ3v) is 2.84. The van der Waals surface area contributed by atoms with Crippen molar-refractivity contribution in [2.45, 2.75) is 0 Å². The fourth-order valence-electron chi connectivity index (χ4n) is 1.53. The van der Waals surface area contributed by atoms with Gasteiger partial charge in [0.25, 0.3) is 11.6 Å². The quantitative estimate of drug-likeness (QED) is 0.694. The zero-order valence-corrected chi connectivity index (χ0v) is 10.7. The molecule has 1 amide bonds. The smallest absolute Gasteiger partial charge is 0.270 e. The molecule has 2 aromatic carbocycles. The summed E-state index contributed by atoms with van der Waals surface area (Å²) in [6.07, 6.45) is 0. The maximum absolute atomic E-state index is 12.7. The summed E-state index contributed by atoms with van der Waals surface area (Å²) in [6.45, 7) is 0. The lowest BCUT2D eigenvalue weighted by Crippen LogP contribution is -2.12. The molecule has 2 rings (SSSR count). The number of hydrogen-bond donors (Lipinski definition) is 1. The van der Waals surface area contributed by atoms with E-state index in [0.717, 1.165) is 6.07 Å². The molecule has 0 radical (unpaired) electrons. The molecule has 0 aromatic heterocycles. The van der Waals surface area contributed by atoms with E-state index >= 15 is 0 Å². The molecule has 1 N–H and O–H groups in total. The van der Waals surface area contributed by atoms with E-state index in [1.165, 1.54) is 36.4 Å². The van der Waals surface area contributed by atoms with Gasteiger partial charge in [-0.05, 0) is 30.3 Å². The van der Waals surface area contributed by atoms with Crippen LogP contribution in [0.4, 0.5) is 15.8 Å². The van der Waals surface area contributed by atoms with E-state index in [4.69, 9.17) is 11.6 Å². The van der Waals surface area contributed by atoms with E-state index in [0.29, 0.717) is 5.69 Å². The number of nitro benzene ring substituents is 1. The summed E-state index contributed by atoms with van der Waals surface area (Å²) in [7, 11) is 0. The summed E-state index contributed by atoms with van der Waals surface area (Å²) in [6, 6.07) is 8.68. The number of halogens is 2. The van der Waals surface area contributed by atoms with Crippen LogP contribution in [0.1, 0.15) is 10.4 Å². The van der Waals surface area contributed by atoms with Crippen LogP contribution in [0.5, 0.6) is 0 Å². The maximum Gasteiger partial charge on any atom is 0.270 e. The minimum absolute atomic E-state index is 0.0230. The van der Waals surface area contributed by atoms with Crippen molar-refractivity contribution in [3.05, 3.63) is 69.0 Å². The Bertz CT molecular complexity index is 674. The van der Waals surface area contributed by atoms with E-state index in [1.54, 1.807) is 0 Å². The van der Waals surface area contributed by atoms with Gasteiger partial charge in [-0.1, -0.05) is 11.6 Å². The Morgan fingerprint density at radius 1 is 1.20 bits per heavy atom. The van der Waals surface area contributed by atoms with Gasteiger partial charge in [-0.25, -0.2) is 4.39 Å². The lowest BCUT2D eigenvalue weighted by atomic mass is 10.2. The monoisotopic (exact) mass is 294 g/mol. The predicted octanol–water partition coefficient (Wildman–Crippen LogP) is 3.64. The molecule has 0 saturated heterocycles. The Labute approximate surface area is 118 Å². The van der Waals surface area contributed by atoms with Crippen molar-refractivity contribution in [2.75, 3.05) is 5.32 Å². The molecular formula is C13H8ClFN2O3. The Morgan fingerprint density at radius 3 is 2.45 bits per heavy atom. The molecule has 5 nitrogen and oxygen atoms in total. The number of amides is 1. The highest BCUT2D eigenvalue weighted by Crippen LogP contribution is 2.23. The number of rotatable bonds is 3. The van der Waals surface area contributed by atoms with Crippen molar-refractivity contribution >= 4 is 28.9 Å². The number of nitrogens with zero attached hydrogens (tertiary/aromatic N) is 1. The molecule has 7 heteroatoms. The average molecular weight is 295 g/mol. The minimum Gasteiger partial charge on any atom is -0.322 e. The molecule has 20 heavy (non-hydrogen) atoms. The number of carbonyl (C=O) groups is 1. The highest BCUT2D eigenvalue weighted by molar-refractivity contribution is 6.34. The molecule has 0 bridgehead atoms. The number of anilines is 1. The van der Waals surface area contributed by atoms with Crippen molar-refractivity contribution < 1.29 is 14.1 Å². The molecule has 0 spiro atoms. The van der Waals surface area contributed by atoms with Crippen molar-refractivity contribution in [2.24, 2.45) is 0 Å². The SMILES string of the molecule is O=C(Nc1ccc(F)cc1)c1cc([N+](=O)[O-])ccc1Cl. The summed E-state index contributed by atoms with van der Waals surface area (Å²) in [5.74, 6) is -1.04. The zero-order valence-electron chi connectivity index (χ0n) is 9.97. The van der Waals surface area contributed by atoms with Crippen molar-refractivity contribution in [1.82, 2.24) is 0 Å². The second-order valence-corrected chi connectivity index (χ2v) is 4.29. The van der Waals surface area contributed by atoms with Gasteiger partial charge in [-0.2, -0.15) is 0 Å². The lowest BCUT2D eigenvalue weighted by molar-refractivity contribution is -0.384. The van der Waals surface area contributed by atoms with Gasteiger partial charge < -0.3 is 5.32 Å². The third-order valence-electron chi connectivity index (χ3n) is 2.51. The van der Waals surface area contributed by atoms with Gasteiger partial charge in [0.1, 0.15) is 5.82 Å². The molecule has 0 atom stereocenters. The Hall–Kier alpha value is -2.47. The van der Waals surface area contributed by atoms with Gasteiger partial charge in [-0.3, -0.25) is 14.9 Å². The number of nitro groups is 1. The predicted molar refractivity (Wildman–Crippen MR) is 72.5 cm³/mol. The Morgan fingerprint density at radius 2 is 1.85 bits per heavy atom. The Kier molecular flexibility index (Phi) is 3.95. The van der Waals surface area contributed by atoms with Crippen molar-refractivity contribution in [3.8, 4) is 0 Å². The fraction of sp³-hybridized carbons (Fsp3) is 0. The highest BCUT2D eigenvalue weighted by atomic mass is 35.5. The second-order valence-electron chi connectivity index (χ2n) is 3.88. The van der Waals surface area contributed by atoms with Crippen LogP contribution in [0.3, 0.4) is 0 Å². The lowest BCUT2D eigenvalue weighted by Gasteiger charge is -2.06. The first-order valence-electron chi connectivity index (χ1n) is 5.48. The summed E-state index contributed by atoms with van der Waals surface area (Å²) in [5, 5.41) is 13.2. The van der Waals surface area contributed by atoms with Crippen LogP contribution in [0, 0.1) is 15.9 Å². The highest BCUT2D eigenvalue weighted by Gasteiger charge is 2.15. The standard InChI is InChI=1S/C13H8ClFN2O3/c14-12-6-5-10(17(19)20)7-11(12)13(18)16-9-3-1-8(15)2-4-9/h1-7H,(H,16,18). The van der Waals surface area contributed by atoms with Gasteiger partial charge in [-0.15, -0.1) is 0 Å². The molecule has 0 aliphatic carbocycles. The number of non-ortho nitro benzene ring substituents is 1. The second kappa shape index (κ2) is 5.66. The number of nitrogens with one attached hydrogen (secondary N) is 1. The third kappa shape index (κ3) is 3.10. The largest absolute Gasteiger partial charge is 0.322 e. The van der Waals surface area contributed by atoms with E-state index in [1.807, 2.05) is 0 Å². The molecule has 2 aromatic rings. The number of benzene rings is 2. The summed E-state index contributed by atoms with van der Waals surface area (Å²) in [4.78, 5) is 22.0. The van der Waals surface area contributed by atoms with Crippen LogP contribution in [0.2, 0.25) is 5.02 Å². The number of hydrogen-bond acceptors (Lipinski definition) is 3. The van der Waals surface area contributed by atoms with Crippen LogP contribution < -0.4 is 5.32 Å². The molecule has 0 saturated carbocycles. The summed E-state index contributed by atoms with van der Waals surface area (Å²) < 4.78 is 12.7. The zero-order chi connectivity index (χ0) is 14.7. The molecule has 0 aliphatic rings. The van der Waals surface area contributed by atoms with Crippen LogP contribution in [-0.4, -0.2) is 10.8 Å². The molecule has 0 heterocycles. The molecule has 0 unspecified atom stereocenters. The molecule has 102 valence electrons. The van der Waals surface area contributed by atoms with Gasteiger partial charge in [0.2, 0.25) is 0 Å². The van der Waals surface area contributed by atoms with E-state index in [2.05, 4.69) is 5.32 Å². The summed E-state index contributed by atoms with van der Waals surface area (Å²) >= 11 is 5.84. The van der Waals surface area contributed by atoms with Gasteiger partial charge in [0.15, 0.2) is 0 Å². The topological polar surface area (TPSA) is 72.2 Å². The number of carbonyl (C=O) groups excluding carboxylic acids is 1. The van der Waals surface area contributed by atoms with Crippen LogP contribution in [0.25, 0.3) is 0 Å². The molecular weight excluding hydrogens is 287 g/mol. The van der Waals surface area contributed by atoms with E-state index in [-0.39, 0.29) is 16.3 Å². The first-order valence-corrected chi connectivity index (χ1v) is 5.86. The van der Waals surface area contributed by atoms with Gasteiger partial charge >= 0.3 is 0 Å². The molecule has 0 fully saturated rings. The first-order chi connectivity index (χ1) is 9.47. The summed E-state index contributed by atoms with van der Waals surface area (Å²) in [5.41, 5.74) is 0.0998. The average Bonchev–Trinajstić information content (AvgIpc) is 2.41.